The second kappa shape index (κ2) is 2.91. The molecule has 0 atom stereocenters. The lowest BCUT2D eigenvalue weighted by Gasteiger charge is -1.91. The summed E-state index contributed by atoms with van der Waals surface area (Å²) in [6.07, 6.45) is 1.58. The van der Waals surface area contributed by atoms with E-state index in [0.29, 0.717) is 0 Å². The topological polar surface area (TPSA) is 47.0 Å². The van der Waals surface area contributed by atoms with Gasteiger partial charge in [-0.15, -0.1) is 11.3 Å². The van der Waals surface area contributed by atoms with Crippen LogP contribution < -0.4 is 0 Å². The Morgan fingerprint density at radius 3 is 2.64 bits per heavy atom. The molecular formula is C6H9NO2S2. The van der Waals surface area contributed by atoms with Gasteiger partial charge in [-0.1, -0.05) is 6.92 Å². The Morgan fingerprint density at radius 2 is 2.27 bits per heavy atom. The molecule has 11 heavy (non-hydrogen) atoms. The number of aromatic nitrogens is 1. The molecule has 0 unspecified atom stereocenters. The summed E-state index contributed by atoms with van der Waals surface area (Å²) in [7, 11) is -3.07. The Balaban J connectivity index is 3.13. The minimum absolute atomic E-state index is 0.125. The van der Waals surface area contributed by atoms with Gasteiger partial charge in [-0.05, 0) is 6.92 Å². The minimum Gasteiger partial charge on any atom is -0.233 e. The molecule has 1 rings (SSSR count). The van der Waals surface area contributed by atoms with E-state index in [9.17, 15) is 8.42 Å². The third-order valence-corrected chi connectivity index (χ3v) is 4.36. The maximum atomic E-state index is 11.2. The van der Waals surface area contributed by atoms with Crippen LogP contribution in [0.2, 0.25) is 0 Å². The van der Waals surface area contributed by atoms with E-state index in [0.717, 1.165) is 4.88 Å². The van der Waals surface area contributed by atoms with E-state index in [-0.39, 0.29) is 10.1 Å². The number of hydrogen-bond acceptors (Lipinski definition) is 4. The lowest BCUT2D eigenvalue weighted by molar-refractivity contribution is 0.596. The Morgan fingerprint density at radius 1 is 1.64 bits per heavy atom. The van der Waals surface area contributed by atoms with Crippen LogP contribution in [0.25, 0.3) is 0 Å². The summed E-state index contributed by atoms with van der Waals surface area (Å²) >= 11 is 1.22. The van der Waals surface area contributed by atoms with Crippen LogP contribution in [0.5, 0.6) is 0 Å². The van der Waals surface area contributed by atoms with Crippen molar-refractivity contribution in [2.45, 2.75) is 18.2 Å². The van der Waals surface area contributed by atoms with Crippen LogP contribution >= 0.6 is 11.3 Å². The number of hydrogen-bond donors (Lipinski definition) is 0. The second-order valence-corrected chi connectivity index (χ2v) is 5.83. The number of aryl methyl sites for hydroxylation is 1. The van der Waals surface area contributed by atoms with Gasteiger partial charge in [0.05, 0.1) is 5.75 Å². The van der Waals surface area contributed by atoms with E-state index in [1.54, 1.807) is 13.1 Å². The number of sulfone groups is 1. The quantitative estimate of drug-likeness (QED) is 0.706. The highest BCUT2D eigenvalue weighted by Gasteiger charge is 2.14. The normalized spacial score (nSPS) is 11.8. The van der Waals surface area contributed by atoms with Gasteiger partial charge >= 0.3 is 0 Å². The molecule has 0 aliphatic heterocycles. The van der Waals surface area contributed by atoms with Gasteiger partial charge in [0.25, 0.3) is 0 Å². The Kier molecular flexibility index (Phi) is 2.29. The predicted octanol–water partition coefficient (Wildman–Crippen LogP) is 1.25. The molecule has 3 nitrogen and oxygen atoms in total. The average Bonchev–Trinajstić information content (AvgIpc) is 2.36. The molecule has 0 aliphatic carbocycles. The highest BCUT2D eigenvalue weighted by atomic mass is 32.2. The Labute approximate surface area is 70.0 Å². The van der Waals surface area contributed by atoms with E-state index in [2.05, 4.69) is 4.98 Å². The van der Waals surface area contributed by atoms with E-state index in [1.165, 1.54) is 11.3 Å². The highest BCUT2D eigenvalue weighted by Crippen LogP contribution is 2.17. The minimum atomic E-state index is -3.07. The first kappa shape index (κ1) is 8.67. The van der Waals surface area contributed by atoms with Gasteiger partial charge in [-0.25, -0.2) is 13.4 Å². The fourth-order valence-corrected chi connectivity index (χ4v) is 2.80. The molecule has 0 radical (unpaired) electrons. The lowest BCUT2D eigenvalue weighted by atomic mass is 10.7. The van der Waals surface area contributed by atoms with Crippen LogP contribution in [0.1, 0.15) is 11.8 Å². The smallest absolute Gasteiger partial charge is 0.209 e. The zero-order valence-corrected chi connectivity index (χ0v) is 8.00. The summed E-state index contributed by atoms with van der Waals surface area (Å²) in [5.41, 5.74) is 0. The van der Waals surface area contributed by atoms with Gasteiger partial charge in [0.2, 0.25) is 14.2 Å². The number of rotatable bonds is 2. The molecule has 0 saturated carbocycles. The van der Waals surface area contributed by atoms with Crippen LogP contribution in [0.3, 0.4) is 0 Å². The Bertz CT molecular complexity index is 339. The van der Waals surface area contributed by atoms with E-state index in [1.807, 2.05) is 6.92 Å². The predicted molar refractivity (Wildman–Crippen MR) is 44.6 cm³/mol. The van der Waals surface area contributed by atoms with Crippen molar-refractivity contribution < 1.29 is 8.42 Å². The molecule has 1 aromatic rings. The van der Waals surface area contributed by atoms with Crippen molar-refractivity contribution in [2.75, 3.05) is 5.75 Å². The zero-order valence-electron chi connectivity index (χ0n) is 6.36. The molecule has 0 saturated heterocycles. The van der Waals surface area contributed by atoms with Crippen molar-refractivity contribution in [1.82, 2.24) is 4.98 Å². The number of nitrogens with zero attached hydrogens (tertiary/aromatic N) is 1. The largest absolute Gasteiger partial charge is 0.233 e. The average molecular weight is 191 g/mol. The molecule has 62 valence electrons. The third-order valence-electron chi connectivity index (χ3n) is 1.25. The summed E-state index contributed by atoms with van der Waals surface area (Å²) in [4.78, 5) is 4.72. The monoisotopic (exact) mass is 191 g/mol. The summed E-state index contributed by atoms with van der Waals surface area (Å²) in [6, 6.07) is 0. The summed E-state index contributed by atoms with van der Waals surface area (Å²) in [5, 5.41) is 0. The molecule has 1 heterocycles. The van der Waals surface area contributed by atoms with Gasteiger partial charge in [0.15, 0.2) is 0 Å². The van der Waals surface area contributed by atoms with Crippen molar-refractivity contribution in [2.24, 2.45) is 0 Å². The molecule has 0 bridgehead atoms. The van der Waals surface area contributed by atoms with Crippen LogP contribution in [-0.4, -0.2) is 19.2 Å². The van der Waals surface area contributed by atoms with E-state index >= 15 is 0 Å². The lowest BCUT2D eigenvalue weighted by Crippen LogP contribution is -2.02. The molecule has 0 fully saturated rings. The van der Waals surface area contributed by atoms with Crippen LogP contribution in [-0.2, 0) is 9.84 Å². The highest BCUT2D eigenvalue weighted by molar-refractivity contribution is 7.93. The maximum Gasteiger partial charge on any atom is 0.209 e. The van der Waals surface area contributed by atoms with Gasteiger partial charge in [-0.3, -0.25) is 0 Å². The number of thiazole rings is 1. The van der Waals surface area contributed by atoms with Crippen molar-refractivity contribution in [3.8, 4) is 0 Å². The fraction of sp³-hybridized carbons (Fsp3) is 0.500. The third kappa shape index (κ3) is 1.78. The van der Waals surface area contributed by atoms with Gasteiger partial charge in [-0.2, -0.15) is 0 Å². The molecular weight excluding hydrogens is 182 g/mol. The van der Waals surface area contributed by atoms with Crippen molar-refractivity contribution >= 4 is 21.2 Å². The Hall–Kier alpha value is -0.420. The molecule has 0 aliphatic rings. The van der Waals surface area contributed by atoms with E-state index < -0.39 is 9.84 Å². The molecule has 1 aromatic heterocycles. The first-order valence-corrected chi connectivity index (χ1v) is 5.68. The molecule has 0 N–H and O–H groups in total. The molecule has 0 spiro atoms. The summed E-state index contributed by atoms with van der Waals surface area (Å²) in [6.45, 7) is 3.46. The SMILES string of the molecule is CCS(=O)(=O)c1ncc(C)s1. The standard InChI is InChI=1S/C6H9NO2S2/c1-3-11(8,9)6-7-4-5(2)10-6/h4H,3H2,1-2H3. The molecule has 5 heteroatoms. The first-order chi connectivity index (χ1) is 5.06. The van der Waals surface area contributed by atoms with Crippen molar-refractivity contribution in [3.63, 3.8) is 0 Å². The maximum absolute atomic E-state index is 11.2. The van der Waals surface area contributed by atoms with Gasteiger partial charge in [0, 0.05) is 11.1 Å². The van der Waals surface area contributed by atoms with Crippen LogP contribution in [0, 0.1) is 6.92 Å². The zero-order chi connectivity index (χ0) is 8.48. The van der Waals surface area contributed by atoms with E-state index in [4.69, 9.17) is 0 Å². The second-order valence-electron chi connectivity index (χ2n) is 2.14. The first-order valence-electron chi connectivity index (χ1n) is 3.21. The molecule has 0 aromatic carbocycles. The van der Waals surface area contributed by atoms with Crippen molar-refractivity contribution in [1.29, 1.82) is 0 Å². The van der Waals surface area contributed by atoms with Crippen LogP contribution in [0.4, 0.5) is 0 Å². The van der Waals surface area contributed by atoms with Crippen LogP contribution in [0.15, 0.2) is 10.5 Å². The fourth-order valence-electron chi connectivity index (χ4n) is 0.601. The van der Waals surface area contributed by atoms with Gasteiger partial charge < -0.3 is 0 Å². The summed E-state index contributed by atoms with van der Waals surface area (Å²) < 4.78 is 22.6. The molecule has 0 amide bonds. The van der Waals surface area contributed by atoms with Crippen molar-refractivity contribution in [3.05, 3.63) is 11.1 Å². The summed E-state index contributed by atoms with van der Waals surface area (Å²) in [5.74, 6) is 0.125. The van der Waals surface area contributed by atoms with Gasteiger partial charge in [0.1, 0.15) is 0 Å².